The molecule has 16 heavy (non-hydrogen) atoms. The van der Waals surface area contributed by atoms with Crippen molar-refractivity contribution in [1.82, 2.24) is 5.32 Å². The maximum Gasteiger partial charge on any atom is 0.0991 e. The zero-order valence-electron chi connectivity index (χ0n) is 9.83. The second-order valence-corrected chi connectivity index (χ2v) is 4.24. The van der Waals surface area contributed by atoms with Crippen LogP contribution in [0.25, 0.3) is 0 Å². The first-order valence-corrected chi connectivity index (χ1v) is 5.48. The summed E-state index contributed by atoms with van der Waals surface area (Å²) in [5.74, 6) is 0. The zero-order chi connectivity index (χ0) is 12.0. The van der Waals surface area contributed by atoms with Crippen molar-refractivity contribution in [2.24, 2.45) is 0 Å². The number of hydrogen-bond acceptors (Lipinski definition) is 3. The highest BCUT2D eigenvalue weighted by atomic mass is 16.3. The summed E-state index contributed by atoms with van der Waals surface area (Å²) < 4.78 is 0. The Labute approximate surface area is 96.7 Å². The van der Waals surface area contributed by atoms with Crippen molar-refractivity contribution in [3.05, 3.63) is 35.4 Å². The fraction of sp³-hybridized carbons (Fsp3) is 0.462. The second kappa shape index (κ2) is 5.64. The first kappa shape index (κ1) is 12.7. The smallest absolute Gasteiger partial charge is 0.0991 e. The van der Waals surface area contributed by atoms with Gasteiger partial charge in [-0.15, -0.1) is 0 Å². The van der Waals surface area contributed by atoms with Gasteiger partial charge in [0.05, 0.1) is 18.2 Å². The molecule has 0 saturated carbocycles. The van der Waals surface area contributed by atoms with Crippen LogP contribution in [0.3, 0.4) is 0 Å². The van der Waals surface area contributed by atoms with Gasteiger partial charge < -0.3 is 10.4 Å². The Hall–Kier alpha value is -1.37. The molecule has 0 saturated heterocycles. The third kappa shape index (κ3) is 3.34. The first-order chi connectivity index (χ1) is 7.63. The topological polar surface area (TPSA) is 56.0 Å². The monoisotopic (exact) mass is 218 g/mol. The molecular weight excluding hydrogens is 200 g/mol. The third-order valence-corrected chi connectivity index (χ3v) is 2.90. The molecule has 0 aliphatic rings. The lowest BCUT2D eigenvalue weighted by atomic mass is 9.99. The van der Waals surface area contributed by atoms with E-state index in [9.17, 15) is 5.11 Å². The number of nitriles is 1. The van der Waals surface area contributed by atoms with E-state index in [0.717, 1.165) is 12.0 Å². The number of rotatable bonds is 5. The van der Waals surface area contributed by atoms with E-state index < -0.39 is 0 Å². The number of aliphatic hydroxyl groups excluding tert-OH is 1. The maximum atomic E-state index is 9.25. The van der Waals surface area contributed by atoms with Crippen LogP contribution in [0.15, 0.2) is 24.3 Å². The Bertz CT molecular complexity index is 378. The van der Waals surface area contributed by atoms with E-state index >= 15 is 0 Å². The lowest BCUT2D eigenvalue weighted by molar-refractivity contribution is 0.169. The fourth-order valence-corrected chi connectivity index (χ4v) is 1.36. The molecule has 0 radical (unpaired) electrons. The Morgan fingerprint density at radius 2 is 2.25 bits per heavy atom. The minimum absolute atomic E-state index is 0.113. The number of hydrogen-bond donors (Lipinski definition) is 2. The van der Waals surface area contributed by atoms with Crippen LogP contribution in [0.5, 0.6) is 0 Å². The molecule has 1 aromatic carbocycles. The van der Waals surface area contributed by atoms with Gasteiger partial charge in [0, 0.05) is 12.1 Å². The van der Waals surface area contributed by atoms with Crippen molar-refractivity contribution in [1.29, 1.82) is 5.26 Å². The first-order valence-electron chi connectivity index (χ1n) is 5.48. The number of aliphatic hydroxyl groups is 1. The summed E-state index contributed by atoms with van der Waals surface area (Å²) in [6, 6.07) is 9.61. The van der Waals surface area contributed by atoms with Gasteiger partial charge in [0.1, 0.15) is 0 Å². The predicted octanol–water partition coefficient (Wildman–Crippen LogP) is 1.81. The average molecular weight is 218 g/mol. The van der Waals surface area contributed by atoms with Gasteiger partial charge in [0.25, 0.3) is 0 Å². The van der Waals surface area contributed by atoms with Crippen molar-refractivity contribution in [2.75, 3.05) is 6.61 Å². The maximum absolute atomic E-state index is 9.25. The lowest BCUT2D eigenvalue weighted by Crippen LogP contribution is -2.44. The molecule has 0 aliphatic heterocycles. The summed E-state index contributed by atoms with van der Waals surface area (Å²) in [6.07, 6.45) is 0.863. The van der Waals surface area contributed by atoms with Gasteiger partial charge in [-0.25, -0.2) is 0 Å². The fourth-order valence-electron chi connectivity index (χ4n) is 1.36. The molecule has 3 heteroatoms. The van der Waals surface area contributed by atoms with Crippen LogP contribution in [-0.4, -0.2) is 17.3 Å². The highest BCUT2D eigenvalue weighted by Crippen LogP contribution is 2.10. The molecule has 1 unspecified atom stereocenters. The molecule has 0 bridgehead atoms. The molecule has 3 nitrogen and oxygen atoms in total. The molecular formula is C13H18N2O. The standard InChI is InChI=1S/C13H18N2O/c1-3-13(2,10-16)15-9-12-6-4-5-11(7-12)8-14/h4-7,15-16H,3,9-10H2,1-2H3. The Morgan fingerprint density at radius 1 is 1.50 bits per heavy atom. The molecule has 0 fully saturated rings. The van der Waals surface area contributed by atoms with E-state index in [2.05, 4.69) is 11.4 Å². The van der Waals surface area contributed by atoms with E-state index in [1.54, 1.807) is 6.07 Å². The molecule has 1 rings (SSSR count). The van der Waals surface area contributed by atoms with Crippen molar-refractivity contribution in [2.45, 2.75) is 32.4 Å². The van der Waals surface area contributed by atoms with Crippen LogP contribution in [0, 0.1) is 11.3 Å². The Balaban J connectivity index is 2.64. The largest absolute Gasteiger partial charge is 0.394 e. The second-order valence-electron chi connectivity index (χ2n) is 4.24. The van der Waals surface area contributed by atoms with Gasteiger partial charge in [-0.05, 0) is 31.0 Å². The van der Waals surface area contributed by atoms with Gasteiger partial charge in [0.15, 0.2) is 0 Å². The summed E-state index contributed by atoms with van der Waals surface area (Å²) in [5.41, 5.74) is 1.48. The zero-order valence-corrected chi connectivity index (χ0v) is 9.83. The van der Waals surface area contributed by atoms with Crippen LogP contribution in [0.2, 0.25) is 0 Å². The molecule has 1 atom stereocenters. The van der Waals surface area contributed by atoms with Crippen molar-refractivity contribution < 1.29 is 5.11 Å². The van der Waals surface area contributed by atoms with Crippen LogP contribution < -0.4 is 5.32 Å². The van der Waals surface area contributed by atoms with E-state index in [0.29, 0.717) is 12.1 Å². The quantitative estimate of drug-likeness (QED) is 0.792. The third-order valence-electron chi connectivity index (χ3n) is 2.90. The van der Waals surface area contributed by atoms with E-state index in [-0.39, 0.29) is 12.1 Å². The SMILES string of the molecule is CCC(C)(CO)NCc1cccc(C#N)c1. The minimum atomic E-state index is -0.247. The number of nitrogens with zero attached hydrogens (tertiary/aromatic N) is 1. The van der Waals surface area contributed by atoms with E-state index in [4.69, 9.17) is 5.26 Å². The van der Waals surface area contributed by atoms with Crippen molar-refractivity contribution >= 4 is 0 Å². The van der Waals surface area contributed by atoms with E-state index in [1.165, 1.54) is 0 Å². The van der Waals surface area contributed by atoms with Crippen LogP contribution in [0.4, 0.5) is 0 Å². The normalized spacial score (nSPS) is 14.1. The molecule has 0 amide bonds. The molecule has 0 aromatic heterocycles. The molecule has 0 aliphatic carbocycles. The van der Waals surface area contributed by atoms with Crippen LogP contribution in [0.1, 0.15) is 31.4 Å². The highest BCUT2D eigenvalue weighted by molar-refractivity contribution is 5.32. The van der Waals surface area contributed by atoms with Crippen molar-refractivity contribution in [3.63, 3.8) is 0 Å². The van der Waals surface area contributed by atoms with Gasteiger partial charge in [-0.3, -0.25) is 0 Å². The highest BCUT2D eigenvalue weighted by Gasteiger charge is 2.19. The average Bonchev–Trinajstić information content (AvgIpc) is 2.36. The van der Waals surface area contributed by atoms with E-state index in [1.807, 2.05) is 32.0 Å². The summed E-state index contributed by atoms with van der Waals surface area (Å²) in [6.45, 7) is 4.80. The summed E-state index contributed by atoms with van der Waals surface area (Å²) >= 11 is 0. The molecule has 0 heterocycles. The Morgan fingerprint density at radius 3 is 2.81 bits per heavy atom. The Kier molecular flexibility index (Phi) is 4.48. The molecule has 86 valence electrons. The summed E-state index contributed by atoms with van der Waals surface area (Å²) in [7, 11) is 0. The summed E-state index contributed by atoms with van der Waals surface area (Å²) in [5, 5.41) is 21.3. The van der Waals surface area contributed by atoms with Crippen LogP contribution >= 0.6 is 0 Å². The van der Waals surface area contributed by atoms with Crippen LogP contribution in [-0.2, 0) is 6.54 Å². The molecule has 2 N–H and O–H groups in total. The lowest BCUT2D eigenvalue weighted by Gasteiger charge is -2.27. The number of nitrogens with one attached hydrogen (secondary N) is 1. The van der Waals surface area contributed by atoms with Gasteiger partial charge >= 0.3 is 0 Å². The molecule has 1 aromatic rings. The van der Waals surface area contributed by atoms with Gasteiger partial charge in [0.2, 0.25) is 0 Å². The number of benzene rings is 1. The summed E-state index contributed by atoms with van der Waals surface area (Å²) in [4.78, 5) is 0. The van der Waals surface area contributed by atoms with Gasteiger partial charge in [-0.2, -0.15) is 5.26 Å². The van der Waals surface area contributed by atoms with Crippen molar-refractivity contribution in [3.8, 4) is 6.07 Å². The minimum Gasteiger partial charge on any atom is -0.394 e. The predicted molar refractivity (Wildman–Crippen MR) is 63.8 cm³/mol. The van der Waals surface area contributed by atoms with Gasteiger partial charge in [-0.1, -0.05) is 19.1 Å². The molecule has 0 spiro atoms.